The molecule has 1 aromatic rings. The van der Waals surface area contributed by atoms with E-state index in [1.165, 1.54) is 4.90 Å². The molecular weight excluding hydrogens is 274 g/mol. The number of rotatable bonds is 6. The van der Waals surface area contributed by atoms with Crippen LogP contribution in [0.3, 0.4) is 0 Å². The predicted octanol–water partition coefficient (Wildman–Crippen LogP) is 2.51. The third-order valence-electron chi connectivity index (χ3n) is 2.19. The van der Waals surface area contributed by atoms with Crippen LogP contribution in [-0.2, 0) is 0 Å². The number of thioether (sulfide) groups is 1. The molecule has 84 valence electrons. The molecule has 0 bridgehead atoms. The summed E-state index contributed by atoms with van der Waals surface area (Å²) in [7, 11) is 1.88. The molecule has 2 nitrogen and oxygen atoms in total. The minimum Gasteiger partial charge on any atom is -0.395 e. The van der Waals surface area contributed by atoms with E-state index in [2.05, 4.69) is 27.3 Å². The Hall–Kier alpha value is -0.0300. The van der Waals surface area contributed by atoms with E-state index in [-0.39, 0.29) is 12.6 Å². The largest absolute Gasteiger partial charge is 0.395 e. The summed E-state index contributed by atoms with van der Waals surface area (Å²) in [5.74, 6) is 1.01. The Bertz CT molecular complexity index is 292. The van der Waals surface area contributed by atoms with Crippen LogP contribution in [-0.4, -0.2) is 30.6 Å². The van der Waals surface area contributed by atoms with Gasteiger partial charge in [-0.3, -0.25) is 0 Å². The average molecular weight is 290 g/mol. The topological polar surface area (TPSA) is 32.3 Å². The fourth-order valence-corrected chi connectivity index (χ4v) is 2.83. The quantitative estimate of drug-likeness (QED) is 0.790. The minimum absolute atomic E-state index is 0.201. The lowest BCUT2D eigenvalue weighted by Gasteiger charge is -2.12. The van der Waals surface area contributed by atoms with E-state index in [9.17, 15) is 0 Å². The number of likely N-dealkylation sites (N-methyl/N-ethyl adjacent to an activating group) is 1. The van der Waals surface area contributed by atoms with Gasteiger partial charge in [-0.15, -0.1) is 11.8 Å². The van der Waals surface area contributed by atoms with Gasteiger partial charge in [-0.2, -0.15) is 0 Å². The van der Waals surface area contributed by atoms with E-state index in [1.54, 1.807) is 0 Å². The van der Waals surface area contributed by atoms with Gasteiger partial charge in [0.05, 0.1) is 6.61 Å². The van der Waals surface area contributed by atoms with Crippen molar-refractivity contribution in [3.63, 3.8) is 0 Å². The molecule has 0 saturated heterocycles. The van der Waals surface area contributed by atoms with E-state index in [1.807, 2.05) is 37.0 Å². The molecule has 1 unspecified atom stereocenters. The molecule has 0 amide bonds. The molecule has 1 rings (SSSR count). The van der Waals surface area contributed by atoms with Crippen LogP contribution in [0.5, 0.6) is 0 Å². The van der Waals surface area contributed by atoms with Crippen molar-refractivity contribution in [2.45, 2.75) is 17.4 Å². The fourth-order valence-electron chi connectivity index (χ4n) is 1.20. The minimum atomic E-state index is 0.201. The molecule has 1 atom stereocenters. The molecule has 0 aliphatic heterocycles. The van der Waals surface area contributed by atoms with Gasteiger partial charge in [0.1, 0.15) is 0 Å². The van der Waals surface area contributed by atoms with Crippen LogP contribution in [0.1, 0.15) is 6.42 Å². The summed E-state index contributed by atoms with van der Waals surface area (Å²) < 4.78 is 1.14. The van der Waals surface area contributed by atoms with Gasteiger partial charge in [-0.1, -0.05) is 12.1 Å². The molecule has 15 heavy (non-hydrogen) atoms. The SMILES string of the molecule is CNC(CO)CCSc1ccccc1Br. The zero-order valence-electron chi connectivity index (χ0n) is 8.74. The Morgan fingerprint density at radius 3 is 2.80 bits per heavy atom. The van der Waals surface area contributed by atoms with Crippen molar-refractivity contribution in [1.82, 2.24) is 5.32 Å². The maximum Gasteiger partial charge on any atom is 0.0584 e. The first kappa shape index (κ1) is 13.0. The van der Waals surface area contributed by atoms with E-state index in [0.29, 0.717) is 0 Å². The van der Waals surface area contributed by atoms with Crippen LogP contribution in [0.25, 0.3) is 0 Å². The van der Waals surface area contributed by atoms with Crippen molar-refractivity contribution < 1.29 is 5.11 Å². The monoisotopic (exact) mass is 289 g/mol. The Balaban J connectivity index is 2.34. The zero-order chi connectivity index (χ0) is 11.1. The van der Waals surface area contributed by atoms with E-state index in [4.69, 9.17) is 5.11 Å². The van der Waals surface area contributed by atoms with Crippen molar-refractivity contribution in [2.75, 3.05) is 19.4 Å². The highest BCUT2D eigenvalue weighted by Gasteiger charge is 2.05. The van der Waals surface area contributed by atoms with Gasteiger partial charge in [0, 0.05) is 15.4 Å². The maximum absolute atomic E-state index is 9.00. The number of benzene rings is 1. The summed E-state index contributed by atoms with van der Waals surface area (Å²) in [4.78, 5) is 1.25. The molecule has 0 radical (unpaired) electrons. The lowest BCUT2D eigenvalue weighted by atomic mass is 10.2. The number of nitrogens with one attached hydrogen (secondary N) is 1. The molecule has 0 aliphatic rings. The van der Waals surface area contributed by atoms with Crippen molar-refractivity contribution in [3.05, 3.63) is 28.7 Å². The van der Waals surface area contributed by atoms with Gasteiger partial charge in [-0.25, -0.2) is 0 Å². The van der Waals surface area contributed by atoms with Gasteiger partial charge >= 0.3 is 0 Å². The second-order valence-electron chi connectivity index (χ2n) is 3.24. The highest BCUT2D eigenvalue weighted by Crippen LogP contribution is 2.27. The van der Waals surface area contributed by atoms with Crippen LogP contribution >= 0.6 is 27.7 Å². The Morgan fingerprint density at radius 2 is 2.20 bits per heavy atom. The van der Waals surface area contributed by atoms with Gasteiger partial charge in [0.25, 0.3) is 0 Å². The number of hydrogen-bond acceptors (Lipinski definition) is 3. The smallest absolute Gasteiger partial charge is 0.0584 e. The zero-order valence-corrected chi connectivity index (χ0v) is 11.1. The first-order valence-electron chi connectivity index (χ1n) is 4.93. The van der Waals surface area contributed by atoms with Crippen LogP contribution in [0.2, 0.25) is 0 Å². The molecule has 4 heteroatoms. The predicted molar refractivity (Wildman–Crippen MR) is 69.4 cm³/mol. The molecule has 0 aliphatic carbocycles. The van der Waals surface area contributed by atoms with Gasteiger partial charge in [-0.05, 0) is 47.3 Å². The molecule has 1 aromatic carbocycles. The molecule has 2 N–H and O–H groups in total. The van der Waals surface area contributed by atoms with Crippen LogP contribution in [0.4, 0.5) is 0 Å². The Morgan fingerprint density at radius 1 is 1.47 bits per heavy atom. The summed E-state index contributed by atoms with van der Waals surface area (Å²) in [6.07, 6.45) is 0.971. The molecule has 0 heterocycles. The standard InChI is InChI=1S/C11H16BrNOS/c1-13-9(8-14)6-7-15-11-5-3-2-4-10(11)12/h2-5,9,13-14H,6-8H2,1H3. The van der Waals surface area contributed by atoms with Crippen molar-refractivity contribution in [3.8, 4) is 0 Å². The summed E-state index contributed by atoms with van der Waals surface area (Å²) in [5.41, 5.74) is 0. The number of halogens is 1. The summed E-state index contributed by atoms with van der Waals surface area (Å²) in [6.45, 7) is 0.201. The Labute approximate surface area is 104 Å². The number of hydrogen-bond donors (Lipinski definition) is 2. The first-order chi connectivity index (χ1) is 7.27. The van der Waals surface area contributed by atoms with E-state index in [0.717, 1.165) is 16.6 Å². The average Bonchev–Trinajstić information content (AvgIpc) is 2.27. The second-order valence-corrected chi connectivity index (χ2v) is 5.23. The molecule has 0 aromatic heterocycles. The highest BCUT2D eigenvalue weighted by atomic mass is 79.9. The van der Waals surface area contributed by atoms with Gasteiger partial charge in [0.15, 0.2) is 0 Å². The summed E-state index contributed by atoms with van der Waals surface area (Å²) in [5, 5.41) is 12.1. The van der Waals surface area contributed by atoms with Crippen LogP contribution < -0.4 is 5.32 Å². The summed E-state index contributed by atoms with van der Waals surface area (Å²) in [6, 6.07) is 8.40. The van der Waals surface area contributed by atoms with Crippen LogP contribution in [0, 0.1) is 0 Å². The summed E-state index contributed by atoms with van der Waals surface area (Å²) >= 11 is 5.32. The van der Waals surface area contributed by atoms with Crippen molar-refractivity contribution in [2.24, 2.45) is 0 Å². The maximum atomic E-state index is 9.00. The van der Waals surface area contributed by atoms with Crippen molar-refractivity contribution in [1.29, 1.82) is 0 Å². The first-order valence-corrected chi connectivity index (χ1v) is 6.71. The van der Waals surface area contributed by atoms with E-state index < -0.39 is 0 Å². The van der Waals surface area contributed by atoms with Gasteiger partial charge in [0.2, 0.25) is 0 Å². The highest BCUT2D eigenvalue weighted by molar-refractivity contribution is 9.10. The lowest BCUT2D eigenvalue weighted by molar-refractivity contribution is 0.246. The molecule has 0 spiro atoms. The number of aliphatic hydroxyl groups excluding tert-OH is 1. The third-order valence-corrected chi connectivity index (χ3v) is 4.25. The fraction of sp³-hybridized carbons (Fsp3) is 0.455. The molecule has 0 saturated carbocycles. The van der Waals surface area contributed by atoms with Crippen molar-refractivity contribution >= 4 is 27.7 Å². The lowest BCUT2D eigenvalue weighted by Crippen LogP contribution is -2.29. The normalized spacial score (nSPS) is 12.7. The van der Waals surface area contributed by atoms with Gasteiger partial charge < -0.3 is 10.4 Å². The Kier molecular flexibility index (Phi) is 6.32. The van der Waals surface area contributed by atoms with E-state index >= 15 is 0 Å². The molecular formula is C11H16BrNOS. The molecule has 0 fully saturated rings. The number of aliphatic hydroxyl groups is 1. The van der Waals surface area contributed by atoms with Crippen LogP contribution in [0.15, 0.2) is 33.6 Å². The third kappa shape index (κ3) is 4.55. The second kappa shape index (κ2) is 7.28.